The lowest BCUT2D eigenvalue weighted by Crippen LogP contribution is -2.47. The number of ether oxygens (including phenoxy) is 1. The Balaban J connectivity index is 1.53. The molecule has 3 N–H and O–H groups in total. The summed E-state index contributed by atoms with van der Waals surface area (Å²) in [7, 11) is 0. The van der Waals surface area contributed by atoms with Crippen molar-refractivity contribution in [1.82, 2.24) is 15.5 Å². The third-order valence-electron chi connectivity index (χ3n) is 5.77. The number of aliphatic hydroxyl groups is 1. The molecular formula is C20H34N4O2S. The van der Waals surface area contributed by atoms with Gasteiger partial charge < -0.3 is 20.5 Å². The maximum absolute atomic E-state index is 9.39. The summed E-state index contributed by atoms with van der Waals surface area (Å²) in [6.07, 6.45) is 2.89. The highest BCUT2D eigenvalue weighted by atomic mass is 32.1. The third kappa shape index (κ3) is 5.44. The number of aliphatic hydroxyl groups excluding tert-OH is 1. The predicted molar refractivity (Wildman–Crippen MR) is 111 cm³/mol. The van der Waals surface area contributed by atoms with Gasteiger partial charge in [-0.3, -0.25) is 9.89 Å². The molecule has 1 saturated heterocycles. The Labute approximate surface area is 167 Å². The maximum atomic E-state index is 9.39. The fraction of sp³-hybridized carbons (Fsp3) is 0.750. The standard InChI is InChI=1S/C20H34N4O2S/c1-3-21-19(23-14-20(6-9-25)7-10-26-15-20)22-12-16(2)24-8-4-18-17(13-24)5-11-27-18/h5,11,16,25H,3-4,6-10,12-15H2,1-2H3,(H2,21,22,23). The van der Waals surface area contributed by atoms with Crippen LogP contribution in [0.25, 0.3) is 0 Å². The van der Waals surface area contributed by atoms with Crippen LogP contribution in [-0.2, 0) is 17.7 Å². The van der Waals surface area contributed by atoms with Crippen LogP contribution in [0, 0.1) is 5.41 Å². The van der Waals surface area contributed by atoms with Gasteiger partial charge in [-0.25, -0.2) is 0 Å². The van der Waals surface area contributed by atoms with Crippen molar-refractivity contribution in [2.75, 3.05) is 46.0 Å². The Morgan fingerprint density at radius 1 is 1.48 bits per heavy atom. The van der Waals surface area contributed by atoms with Crippen molar-refractivity contribution in [3.63, 3.8) is 0 Å². The highest BCUT2D eigenvalue weighted by Crippen LogP contribution is 2.32. The van der Waals surface area contributed by atoms with Crippen LogP contribution in [0.1, 0.15) is 37.1 Å². The zero-order valence-corrected chi connectivity index (χ0v) is 17.5. The minimum absolute atomic E-state index is 0.00899. The van der Waals surface area contributed by atoms with E-state index in [1.54, 1.807) is 4.88 Å². The molecule has 1 aromatic heterocycles. The number of nitrogens with one attached hydrogen (secondary N) is 2. The molecule has 0 bridgehead atoms. The normalized spacial score (nSPS) is 24.6. The number of rotatable bonds is 8. The molecule has 0 saturated carbocycles. The van der Waals surface area contributed by atoms with E-state index in [1.165, 1.54) is 5.56 Å². The second-order valence-electron chi connectivity index (χ2n) is 7.79. The summed E-state index contributed by atoms with van der Waals surface area (Å²) in [4.78, 5) is 8.91. The van der Waals surface area contributed by atoms with Crippen LogP contribution in [0.5, 0.6) is 0 Å². The second kappa shape index (κ2) is 9.87. The van der Waals surface area contributed by atoms with Crippen molar-refractivity contribution in [2.24, 2.45) is 10.4 Å². The maximum Gasteiger partial charge on any atom is 0.191 e. The van der Waals surface area contributed by atoms with Crippen molar-refractivity contribution in [3.05, 3.63) is 21.9 Å². The van der Waals surface area contributed by atoms with Crippen molar-refractivity contribution >= 4 is 17.3 Å². The van der Waals surface area contributed by atoms with Crippen LogP contribution in [0.15, 0.2) is 16.4 Å². The summed E-state index contributed by atoms with van der Waals surface area (Å²) < 4.78 is 5.58. The molecule has 2 aliphatic heterocycles. The minimum Gasteiger partial charge on any atom is -0.396 e. The van der Waals surface area contributed by atoms with Crippen LogP contribution in [-0.4, -0.2) is 68.0 Å². The van der Waals surface area contributed by atoms with E-state index >= 15 is 0 Å². The van der Waals surface area contributed by atoms with E-state index in [2.05, 4.69) is 40.8 Å². The molecule has 0 aromatic carbocycles. The molecule has 0 aliphatic carbocycles. The smallest absolute Gasteiger partial charge is 0.191 e. The molecule has 27 heavy (non-hydrogen) atoms. The highest BCUT2D eigenvalue weighted by molar-refractivity contribution is 7.10. The lowest BCUT2D eigenvalue weighted by atomic mass is 9.84. The molecule has 2 aliphatic rings. The van der Waals surface area contributed by atoms with Gasteiger partial charge in [-0.05, 0) is 50.1 Å². The van der Waals surface area contributed by atoms with Gasteiger partial charge in [-0.1, -0.05) is 0 Å². The second-order valence-corrected chi connectivity index (χ2v) is 8.79. The predicted octanol–water partition coefficient (Wildman–Crippen LogP) is 1.84. The largest absolute Gasteiger partial charge is 0.396 e. The average molecular weight is 395 g/mol. The van der Waals surface area contributed by atoms with Crippen molar-refractivity contribution in [1.29, 1.82) is 0 Å². The summed E-state index contributed by atoms with van der Waals surface area (Å²) in [6, 6.07) is 2.71. The van der Waals surface area contributed by atoms with Gasteiger partial charge in [0.25, 0.3) is 0 Å². The van der Waals surface area contributed by atoms with Crippen LogP contribution in [0.4, 0.5) is 0 Å². The quantitative estimate of drug-likeness (QED) is 0.464. The van der Waals surface area contributed by atoms with E-state index in [0.29, 0.717) is 19.2 Å². The number of guanidine groups is 1. The molecule has 1 fully saturated rings. The summed E-state index contributed by atoms with van der Waals surface area (Å²) in [5.74, 6) is 0.863. The average Bonchev–Trinajstić information content (AvgIpc) is 3.33. The monoisotopic (exact) mass is 394 g/mol. The first-order valence-corrected chi connectivity index (χ1v) is 11.0. The highest BCUT2D eigenvalue weighted by Gasteiger charge is 2.34. The fourth-order valence-corrected chi connectivity index (χ4v) is 4.79. The number of fused-ring (bicyclic) bond motifs is 1. The Morgan fingerprint density at radius 3 is 3.11 bits per heavy atom. The summed E-state index contributed by atoms with van der Waals surface area (Å²) in [6.45, 7) is 10.6. The van der Waals surface area contributed by atoms with Gasteiger partial charge in [-0.2, -0.15) is 0 Å². The molecule has 3 heterocycles. The molecule has 2 unspecified atom stereocenters. The minimum atomic E-state index is -0.00899. The SMILES string of the molecule is CCNC(=NCC1(CCO)CCOC1)NCC(C)N1CCc2sccc2C1. The Morgan fingerprint density at radius 2 is 2.37 bits per heavy atom. The molecule has 0 radical (unpaired) electrons. The molecule has 7 heteroatoms. The molecule has 3 rings (SSSR count). The number of nitrogens with zero attached hydrogens (tertiary/aromatic N) is 2. The number of hydrogen-bond acceptors (Lipinski definition) is 5. The van der Waals surface area contributed by atoms with Crippen LogP contribution < -0.4 is 10.6 Å². The fourth-order valence-electron chi connectivity index (χ4n) is 3.90. The molecular weight excluding hydrogens is 360 g/mol. The third-order valence-corrected chi connectivity index (χ3v) is 6.79. The first-order valence-electron chi connectivity index (χ1n) is 10.2. The van der Waals surface area contributed by atoms with Gasteiger partial charge in [-0.15, -0.1) is 11.3 Å². The number of thiophene rings is 1. The lowest BCUT2D eigenvalue weighted by Gasteiger charge is -2.33. The molecule has 6 nitrogen and oxygen atoms in total. The topological polar surface area (TPSA) is 69.1 Å². The Hall–Kier alpha value is -1.15. The van der Waals surface area contributed by atoms with Gasteiger partial charge in [0.1, 0.15) is 0 Å². The molecule has 152 valence electrons. The van der Waals surface area contributed by atoms with E-state index in [9.17, 15) is 5.11 Å². The molecule has 0 spiro atoms. The summed E-state index contributed by atoms with van der Waals surface area (Å²) in [5.41, 5.74) is 1.48. The molecule has 2 atom stereocenters. The van der Waals surface area contributed by atoms with Crippen molar-refractivity contribution < 1.29 is 9.84 Å². The zero-order valence-electron chi connectivity index (χ0n) is 16.7. The number of aliphatic imine (C=N–C) groups is 1. The van der Waals surface area contributed by atoms with E-state index < -0.39 is 0 Å². The zero-order chi connectivity index (χ0) is 19.1. The van der Waals surface area contributed by atoms with Crippen molar-refractivity contribution in [3.8, 4) is 0 Å². The van der Waals surface area contributed by atoms with Gasteiger partial charge in [0, 0.05) is 55.7 Å². The molecule has 1 aromatic rings. The lowest BCUT2D eigenvalue weighted by molar-refractivity contribution is 0.131. The summed E-state index contributed by atoms with van der Waals surface area (Å²) >= 11 is 1.89. The molecule has 0 amide bonds. The van der Waals surface area contributed by atoms with Crippen LogP contribution in [0.3, 0.4) is 0 Å². The first kappa shape index (κ1) is 20.6. The van der Waals surface area contributed by atoms with Crippen LogP contribution >= 0.6 is 11.3 Å². The Kier molecular flexibility index (Phi) is 7.52. The van der Waals surface area contributed by atoms with E-state index in [-0.39, 0.29) is 12.0 Å². The van der Waals surface area contributed by atoms with Crippen molar-refractivity contribution in [2.45, 2.75) is 45.7 Å². The van der Waals surface area contributed by atoms with E-state index in [0.717, 1.165) is 58.0 Å². The van der Waals surface area contributed by atoms with Gasteiger partial charge in [0.05, 0.1) is 13.2 Å². The Bertz CT molecular complexity index is 613. The first-order chi connectivity index (χ1) is 13.2. The van der Waals surface area contributed by atoms with E-state index in [1.807, 2.05) is 11.3 Å². The van der Waals surface area contributed by atoms with E-state index in [4.69, 9.17) is 9.73 Å². The van der Waals surface area contributed by atoms with Gasteiger partial charge in [0.15, 0.2) is 5.96 Å². The van der Waals surface area contributed by atoms with Gasteiger partial charge >= 0.3 is 0 Å². The number of hydrogen-bond donors (Lipinski definition) is 3. The summed E-state index contributed by atoms with van der Waals surface area (Å²) in [5, 5.41) is 18.5. The van der Waals surface area contributed by atoms with Crippen LogP contribution in [0.2, 0.25) is 0 Å². The van der Waals surface area contributed by atoms with Gasteiger partial charge in [0.2, 0.25) is 0 Å².